The summed E-state index contributed by atoms with van der Waals surface area (Å²) in [6.07, 6.45) is 0. The van der Waals surface area contributed by atoms with Crippen LogP contribution in [0.3, 0.4) is 0 Å². The van der Waals surface area contributed by atoms with Crippen molar-refractivity contribution in [2.24, 2.45) is 0 Å². The smallest absolute Gasteiger partial charge is 0.146 e. The molecule has 1 aliphatic rings. The summed E-state index contributed by atoms with van der Waals surface area (Å²) in [7, 11) is 0. The summed E-state index contributed by atoms with van der Waals surface area (Å²) < 4.78 is 5.59. The zero-order chi connectivity index (χ0) is 9.31. The van der Waals surface area contributed by atoms with Crippen LogP contribution in [0.5, 0.6) is 0 Å². The van der Waals surface area contributed by atoms with E-state index in [9.17, 15) is 0 Å². The highest BCUT2D eigenvalue weighted by Crippen LogP contribution is 2.29. The molecule has 2 rings (SSSR count). The fourth-order valence-corrected chi connectivity index (χ4v) is 1.80. The Balaban J connectivity index is 2.26. The van der Waals surface area contributed by atoms with E-state index in [4.69, 9.17) is 16.3 Å². The second kappa shape index (κ2) is 3.29. The van der Waals surface area contributed by atoms with E-state index in [0.717, 1.165) is 5.56 Å². The molecular formula is C10H12ClNO. The molecule has 1 fully saturated rings. The average molecular weight is 198 g/mol. The van der Waals surface area contributed by atoms with Crippen LogP contribution in [0.15, 0.2) is 30.3 Å². The molecule has 2 unspecified atom stereocenters. The van der Waals surface area contributed by atoms with Gasteiger partial charge in [0.25, 0.3) is 0 Å². The SMILES string of the molecule is CC1(c2ccccc2)NCC(Cl)O1. The maximum absolute atomic E-state index is 5.86. The molecule has 1 aliphatic heterocycles. The Bertz CT molecular complexity index is 290. The highest BCUT2D eigenvalue weighted by atomic mass is 35.5. The van der Waals surface area contributed by atoms with Crippen molar-refractivity contribution < 1.29 is 4.74 Å². The van der Waals surface area contributed by atoms with Crippen LogP contribution in [0.4, 0.5) is 0 Å². The van der Waals surface area contributed by atoms with Gasteiger partial charge in [0.15, 0.2) is 0 Å². The normalized spacial score (nSPS) is 33.5. The summed E-state index contributed by atoms with van der Waals surface area (Å²) in [6, 6.07) is 10.0. The quantitative estimate of drug-likeness (QED) is 0.696. The van der Waals surface area contributed by atoms with E-state index in [-0.39, 0.29) is 5.56 Å². The predicted octanol–water partition coefficient (Wildman–Crippen LogP) is 2.04. The molecule has 3 heteroatoms. The molecule has 1 aromatic carbocycles. The number of alkyl halides is 1. The lowest BCUT2D eigenvalue weighted by molar-refractivity contribution is -0.0127. The van der Waals surface area contributed by atoms with Crippen molar-refractivity contribution in [1.82, 2.24) is 5.32 Å². The Morgan fingerprint density at radius 3 is 2.69 bits per heavy atom. The molecule has 0 saturated carbocycles. The molecule has 0 aromatic heterocycles. The highest BCUT2D eigenvalue weighted by Gasteiger charge is 2.35. The minimum absolute atomic E-state index is 0.231. The first-order valence-corrected chi connectivity index (χ1v) is 4.77. The van der Waals surface area contributed by atoms with Gasteiger partial charge in [-0.1, -0.05) is 41.9 Å². The largest absolute Gasteiger partial charge is 0.336 e. The first-order chi connectivity index (χ1) is 6.21. The lowest BCUT2D eigenvalue weighted by Crippen LogP contribution is -2.34. The van der Waals surface area contributed by atoms with Crippen LogP contribution in [-0.2, 0) is 10.5 Å². The van der Waals surface area contributed by atoms with Crippen LogP contribution in [0.2, 0.25) is 0 Å². The minimum Gasteiger partial charge on any atom is -0.336 e. The Labute approximate surface area is 82.9 Å². The summed E-state index contributed by atoms with van der Waals surface area (Å²) in [5.74, 6) is 0. The molecule has 70 valence electrons. The van der Waals surface area contributed by atoms with Crippen molar-refractivity contribution in [1.29, 1.82) is 0 Å². The Morgan fingerprint density at radius 2 is 2.15 bits per heavy atom. The molecule has 1 heterocycles. The van der Waals surface area contributed by atoms with Crippen LogP contribution < -0.4 is 5.32 Å². The van der Waals surface area contributed by atoms with Gasteiger partial charge in [-0.2, -0.15) is 0 Å². The third-order valence-electron chi connectivity index (χ3n) is 2.29. The maximum Gasteiger partial charge on any atom is 0.146 e. The topological polar surface area (TPSA) is 21.3 Å². The van der Waals surface area contributed by atoms with E-state index in [1.54, 1.807) is 0 Å². The van der Waals surface area contributed by atoms with Gasteiger partial charge in [-0.15, -0.1) is 0 Å². The van der Waals surface area contributed by atoms with Crippen LogP contribution in [0.25, 0.3) is 0 Å². The second-order valence-corrected chi connectivity index (χ2v) is 3.79. The number of ether oxygens (including phenoxy) is 1. The fraction of sp³-hybridized carbons (Fsp3) is 0.400. The third-order valence-corrected chi connectivity index (χ3v) is 2.53. The van der Waals surface area contributed by atoms with Crippen LogP contribution in [-0.4, -0.2) is 12.1 Å². The number of halogens is 1. The number of rotatable bonds is 1. The van der Waals surface area contributed by atoms with E-state index >= 15 is 0 Å². The summed E-state index contributed by atoms with van der Waals surface area (Å²) in [4.78, 5) is 0. The molecule has 1 saturated heterocycles. The Hall–Kier alpha value is -0.570. The standard InChI is InChI=1S/C10H12ClNO/c1-10(12-7-9(11)13-10)8-5-3-2-4-6-8/h2-6,9,12H,7H2,1H3. The molecule has 2 atom stereocenters. The molecule has 0 radical (unpaired) electrons. The molecule has 0 bridgehead atoms. The lowest BCUT2D eigenvalue weighted by atomic mass is 10.1. The van der Waals surface area contributed by atoms with E-state index in [1.165, 1.54) is 0 Å². The van der Waals surface area contributed by atoms with Gasteiger partial charge in [0.2, 0.25) is 0 Å². The van der Waals surface area contributed by atoms with E-state index < -0.39 is 5.72 Å². The van der Waals surface area contributed by atoms with Gasteiger partial charge in [-0.25, -0.2) is 0 Å². The molecule has 13 heavy (non-hydrogen) atoms. The third kappa shape index (κ3) is 1.70. The van der Waals surface area contributed by atoms with E-state index in [0.29, 0.717) is 6.54 Å². The van der Waals surface area contributed by atoms with Gasteiger partial charge in [-0.05, 0) is 12.5 Å². The van der Waals surface area contributed by atoms with Crippen molar-refractivity contribution in [3.05, 3.63) is 35.9 Å². The first-order valence-electron chi connectivity index (χ1n) is 4.33. The van der Waals surface area contributed by atoms with Crippen LogP contribution in [0.1, 0.15) is 12.5 Å². The average Bonchev–Trinajstić information content (AvgIpc) is 2.49. The van der Waals surface area contributed by atoms with Crippen LogP contribution in [0, 0.1) is 0 Å². The lowest BCUT2D eigenvalue weighted by Gasteiger charge is -2.24. The summed E-state index contributed by atoms with van der Waals surface area (Å²) in [5, 5.41) is 3.24. The van der Waals surface area contributed by atoms with Crippen molar-refractivity contribution in [2.75, 3.05) is 6.54 Å². The van der Waals surface area contributed by atoms with Gasteiger partial charge >= 0.3 is 0 Å². The second-order valence-electron chi connectivity index (χ2n) is 3.31. The fourth-order valence-electron chi connectivity index (χ4n) is 1.54. The van der Waals surface area contributed by atoms with E-state index in [2.05, 4.69) is 5.32 Å². The van der Waals surface area contributed by atoms with Crippen molar-refractivity contribution >= 4 is 11.6 Å². The van der Waals surface area contributed by atoms with E-state index in [1.807, 2.05) is 37.3 Å². The van der Waals surface area contributed by atoms with Crippen molar-refractivity contribution in [3.8, 4) is 0 Å². The molecule has 2 nitrogen and oxygen atoms in total. The minimum atomic E-state index is -0.423. The Morgan fingerprint density at radius 1 is 1.46 bits per heavy atom. The van der Waals surface area contributed by atoms with Crippen molar-refractivity contribution in [2.45, 2.75) is 18.2 Å². The summed E-state index contributed by atoms with van der Waals surface area (Å²) >= 11 is 5.86. The Kier molecular flexibility index (Phi) is 2.28. The molecular weight excluding hydrogens is 186 g/mol. The van der Waals surface area contributed by atoms with Gasteiger partial charge in [0.05, 0.1) is 0 Å². The van der Waals surface area contributed by atoms with Gasteiger partial charge < -0.3 is 4.74 Å². The molecule has 1 aromatic rings. The highest BCUT2D eigenvalue weighted by molar-refractivity contribution is 6.20. The number of benzene rings is 1. The maximum atomic E-state index is 5.86. The molecule has 0 aliphatic carbocycles. The summed E-state index contributed by atoms with van der Waals surface area (Å²) in [6.45, 7) is 2.68. The van der Waals surface area contributed by atoms with Gasteiger partial charge in [-0.3, -0.25) is 5.32 Å². The zero-order valence-corrected chi connectivity index (χ0v) is 8.21. The number of hydrogen-bond donors (Lipinski definition) is 1. The van der Waals surface area contributed by atoms with Crippen LogP contribution >= 0.6 is 11.6 Å². The summed E-state index contributed by atoms with van der Waals surface area (Å²) in [5.41, 5.74) is 0.455. The molecule has 1 N–H and O–H groups in total. The number of hydrogen-bond acceptors (Lipinski definition) is 2. The first kappa shape index (κ1) is 9.00. The zero-order valence-electron chi connectivity index (χ0n) is 7.46. The molecule has 0 spiro atoms. The number of nitrogens with one attached hydrogen (secondary N) is 1. The molecule has 0 amide bonds. The van der Waals surface area contributed by atoms with Gasteiger partial charge in [0.1, 0.15) is 11.3 Å². The predicted molar refractivity (Wildman–Crippen MR) is 52.5 cm³/mol. The monoisotopic (exact) mass is 197 g/mol. The van der Waals surface area contributed by atoms with Gasteiger partial charge in [0, 0.05) is 6.54 Å². The van der Waals surface area contributed by atoms with Crippen molar-refractivity contribution in [3.63, 3.8) is 0 Å².